The van der Waals surface area contributed by atoms with E-state index in [9.17, 15) is 14.4 Å². The van der Waals surface area contributed by atoms with E-state index in [0.717, 1.165) is 35.3 Å². The normalized spacial score (nSPS) is 19.7. The third-order valence-corrected chi connectivity index (χ3v) is 12.9. The van der Waals surface area contributed by atoms with Crippen LogP contribution >= 0.6 is 35.3 Å². The zero-order chi connectivity index (χ0) is 48.6. The molecule has 0 radical (unpaired) electrons. The first kappa shape index (κ1) is 46.8. The predicted molar refractivity (Wildman–Crippen MR) is 241 cm³/mol. The van der Waals surface area contributed by atoms with E-state index in [1.165, 1.54) is 0 Å². The van der Waals surface area contributed by atoms with Gasteiger partial charge in [-0.15, -0.1) is 0 Å². The quantitative estimate of drug-likeness (QED) is 0.0850. The van der Waals surface area contributed by atoms with E-state index in [4.69, 9.17) is 71.1 Å². The number of hydrogen-bond acceptors (Lipinski definition) is 21. The van der Waals surface area contributed by atoms with Crippen molar-refractivity contribution in [3.05, 3.63) is 16.7 Å². The van der Waals surface area contributed by atoms with Crippen LogP contribution in [-0.4, -0.2) is 70.4 Å². The fraction of sp³-hybridized carbons (Fsp3) is 0.543. The van der Waals surface area contributed by atoms with E-state index in [2.05, 4.69) is 0 Å². The fourth-order valence-electron chi connectivity index (χ4n) is 8.40. The standard InChI is InChI=1S/C46H52O18S3/c1-16-50-38(47)65-35-29-23(53-41(4,5)59-29)20(24-30(35)60-42(6,7)54-24)19(21-25-31(61-43(8,9)55-25)36(66-39(48)51-17-2)32-26(21)56-44(10,11)62-32)22-27-33(63-45(12,13)57-27)37(67-40(49)52-18-3)34-28(22)58-46(14,15)64-34/h19H,16-18H2,1-15H3. The van der Waals surface area contributed by atoms with Crippen LogP contribution in [0, 0.1) is 0 Å². The van der Waals surface area contributed by atoms with Gasteiger partial charge in [-0.05, 0) is 20.8 Å². The molecule has 18 nitrogen and oxygen atoms in total. The van der Waals surface area contributed by atoms with Crippen LogP contribution in [-0.2, 0) is 14.2 Å². The Hall–Kier alpha value is -5.28. The predicted octanol–water partition coefficient (Wildman–Crippen LogP) is 11.7. The van der Waals surface area contributed by atoms with Crippen molar-refractivity contribution in [3.63, 3.8) is 0 Å². The molecule has 0 aliphatic carbocycles. The highest BCUT2D eigenvalue weighted by molar-refractivity contribution is 8.14. The zero-order valence-electron chi connectivity index (χ0n) is 39.8. The molecule has 6 heterocycles. The van der Waals surface area contributed by atoms with Crippen LogP contribution in [0.25, 0.3) is 0 Å². The van der Waals surface area contributed by atoms with Crippen LogP contribution in [0.4, 0.5) is 14.4 Å². The SMILES string of the molecule is CCOC(=O)Sc1c2c(c(C(c3c4c(c(SC(=O)OCC)c5c3OC(C)(C)O5)OC(C)(C)O4)c3c4c(c(SC(=O)OCC)c5c3OC(C)(C)O5)OC(C)(C)O4)c3c1OC(C)(C)O3)OC(C)(C)O2. The van der Waals surface area contributed by atoms with E-state index < -0.39 is 56.5 Å². The first-order valence-corrected chi connectivity index (χ1v) is 24.2. The molecule has 0 fully saturated rings. The Balaban J connectivity index is 1.48. The molecule has 67 heavy (non-hydrogen) atoms. The molecule has 6 aliphatic rings. The number of carbonyl (C=O) groups is 3. The minimum atomic E-state index is -1.34. The Labute approximate surface area is 399 Å². The number of thioether (sulfide) groups is 3. The molecule has 0 saturated heterocycles. The highest BCUT2D eigenvalue weighted by Gasteiger charge is 2.56. The molecular formula is C46H52O18S3. The van der Waals surface area contributed by atoms with Crippen molar-refractivity contribution in [1.82, 2.24) is 0 Å². The molecular weight excluding hydrogens is 937 g/mol. The zero-order valence-corrected chi connectivity index (χ0v) is 42.2. The summed E-state index contributed by atoms with van der Waals surface area (Å²) >= 11 is 2.26. The lowest BCUT2D eigenvalue weighted by Gasteiger charge is -2.28. The molecule has 0 atom stereocenters. The van der Waals surface area contributed by atoms with E-state index >= 15 is 0 Å². The first-order valence-electron chi connectivity index (χ1n) is 21.7. The van der Waals surface area contributed by atoms with Crippen LogP contribution in [0.3, 0.4) is 0 Å². The number of fused-ring (bicyclic) bond motifs is 6. The first-order chi connectivity index (χ1) is 31.2. The third-order valence-electron chi connectivity index (χ3n) is 10.3. The van der Waals surface area contributed by atoms with Crippen molar-refractivity contribution < 1.29 is 85.4 Å². The summed E-state index contributed by atoms with van der Waals surface area (Å²) in [6.07, 6.45) is 0. The van der Waals surface area contributed by atoms with Gasteiger partial charge in [0, 0.05) is 118 Å². The summed E-state index contributed by atoms with van der Waals surface area (Å²) in [5.41, 5.74) is 0.800. The van der Waals surface area contributed by atoms with Crippen LogP contribution < -0.4 is 56.8 Å². The average molecular weight is 989 g/mol. The molecule has 0 bridgehead atoms. The summed E-state index contributed by atoms with van der Waals surface area (Å²) in [5, 5.41) is -1.89. The lowest BCUT2D eigenvalue weighted by molar-refractivity contribution is -0.0510. The van der Waals surface area contributed by atoms with Crippen molar-refractivity contribution in [2.75, 3.05) is 19.8 Å². The Bertz CT molecular complexity index is 2230. The Morgan fingerprint density at radius 3 is 0.672 bits per heavy atom. The Morgan fingerprint density at radius 1 is 0.343 bits per heavy atom. The molecule has 9 rings (SSSR count). The van der Waals surface area contributed by atoms with Gasteiger partial charge in [0.1, 0.15) is 14.7 Å². The molecule has 0 unspecified atom stereocenters. The summed E-state index contributed by atoms with van der Waals surface area (Å²) in [6, 6.07) is 0. The van der Waals surface area contributed by atoms with Gasteiger partial charge in [-0.25, -0.2) is 14.4 Å². The largest absolute Gasteiger partial charge is 0.458 e. The van der Waals surface area contributed by atoms with Crippen LogP contribution in [0.2, 0.25) is 0 Å². The maximum absolute atomic E-state index is 13.4. The van der Waals surface area contributed by atoms with E-state index in [1.807, 2.05) is 0 Å². The monoisotopic (exact) mass is 988 g/mol. The summed E-state index contributed by atoms with van der Waals surface area (Å²) < 4.78 is 96.9. The maximum Gasteiger partial charge on any atom is 0.372 e. The Morgan fingerprint density at radius 2 is 0.507 bits per heavy atom. The highest BCUT2D eigenvalue weighted by Crippen LogP contribution is 2.72. The van der Waals surface area contributed by atoms with Gasteiger partial charge in [-0.3, -0.25) is 0 Å². The second-order valence-corrected chi connectivity index (χ2v) is 21.4. The molecule has 0 spiro atoms. The van der Waals surface area contributed by atoms with Crippen molar-refractivity contribution >= 4 is 51.2 Å². The van der Waals surface area contributed by atoms with Gasteiger partial charge in [0.2, 0.25) is 34.7 Å². The number of ether oxygens (including phenoxy) is 15. The molecule has 0 aromatic heterocycles. The average Bonchev–Trinajstić information content (AvgIpc) is 4.01. The van der Waals surface area contributed by atoms with Crippen molar-refractivity contribution in [2.24, 2.45) is 0 Å². The molecule has 3 aromatic rings. The second-order valence-electron chi connectivity index (χ2n) is 18.6. The van der Waals surface area contributed by atoms with Crippen LogP contribution in [0.15, 0.2) is 14.7 Å². The minimum Gasteiger partial charge on any atom is -0.458 e. The summed E-state index contributed by atoms with van der Waals surface area (Å²) in [4.78, 5) is 40.9. The smallest absolute Gasteiger partial charge is 0.372 e. The van der Waals surface area contributed by atoms with Gasteiger partial charge in [-0.2, -0.15) is 0 Å². The molecule has 6 aliphatic heterocycles. The molecule has 0 N–H and O–H groups in total. The van der Waals surface area contributed by atoms with Gasteiger partial charge >= 0.3 is 15.9 Å². The van der Waals surface area contributed by atoms with Gasteiger partial charge in [0.25, 0.3) is 0 Å². The Kier molecular flexibility index (Phi) is 10.9. The second kappa shape index (κ2) is 15.6. The van der Waals surface area contributed by atoms with Crippen molar-refractivity contribution in [2.45, 2.75) is 159 Å². The van der Waals surface area contributed by atoms with Crippen molar-refractivity contribution in [1.29, 1.82) is 0 Å². The molecule has 3 aromatic carbocycles. The lowest BCUT2D eigenvalue weighted by Crippen LogP contribution is -2.32. The van der Waals surface area contributed by atoms with Gasteiger partial charge in [0.05, 0.1) is 42.4 Å². The molecule has 0 amide bonds. The van der Waals surface area contributed by atoms with E-state index in [1.54, 1.807) is 104 Å². The fourth-order valence-corrected chi connectivity index (χ4v) is 10.8. The summed E-state index contributed by atoms with van der Waals surface area (Å²) in [5.74, 6) is -7.69. The highest BCUT2D eigenvalue weighted by atomic mass is 32.2. The number of benzene rings is 3. The molecule has 362 valence electrons. The maximum atomic E-state index is 13.4. The van der Waals surface area contributed by atoms with Crippen LogP contribution in [0.1, 0.15) is 126 Å². The topological polar surface area (TPSA) is 190 Å². The lowest BCUT2D eigenvalue weighted by atomic mass is 9.81. The van der Waals surface area contributed by atoms with E-state index in [0.29, 0.717) is 0 Å². The molecule has 21 heteroatoms. The summed E-state index contributed by atoms with van der Waals surface area (Å²) in [7, 11) is 0. The summed E-state index contributed by atoms with van der Waals surface area (Å²) in [6.45, 7) is 26.0. The third kappa shape index (κ3) is 8.21. The van der Waals surface area contributed by atoms with Gasteiger partial charge < -0.3 is 71.1 Å². The van der Waals surface area contributed by atoms with Gasteiger partial charge in [0.15, 0.2) is 69.0 Å². The number of rotatable bonds is 9. The number of hydrogen-bond donors (Lipinski definition) is 0. The minimum absolute atomic E-state index is 0.108. The number of carbonyl (C=O) groups excluding carboxylic acids is 3. The molecule has 0 saturated carbocycles. The van der Waals surface area contributed by atoms with Crippen molar-refractivity contribution in [3.8, 4) is 69.0 Å². The van der Waals surface area contributed by atoms with E-state index in [-0.39, 0.29) is 120 Å². The van der Waals surface area contributed by atoms with Gasteiger partial charge in [-0.1, -0.05) is 0 Å². The van der Waals surface area contributed by atoms with Crippen LogP contribution in [0.5, 0.6) is 69.0 Å².